The quantitative estimate of drug-likeness (QED) is 0.761. The molecule has 0 aliphatic carbocycles. The molecule has 1 aliphatic rings. The number of benzene rings is 2. The summed E-state index contributed by atoms with van der Waals surface area (Å²) in [4.78, 5) is 12.4. The average Bonchev–Trinajstić information content (AvgIpc) is 2.48. The first-order valence-corrected chi connectivity index (χ1v) is 7.54. The van der Waals surface area contributed by atoms with Crippen molar-refractivity contribution in [1.29, 1.82) is 0 Å². The lowest BCUT2D eigenvalue weighted by Gasteiger charge is -2.34. The number of carbonyl (C=O) groups excluding carboxylic acids is 1. The molecule has 0 aromatic heterocycles. The number of hydrogen-bond acceptors (Lipinski definition) is 2. The van der Waals surface area contributed by atoms with Crippen LogP contribution in [0, 0.1) is 0 Å². The number of rotatable bonds is 2. The zero-order chi connectivity index (χ0) is 14.8. The van der Waals surface area contributed by atoms with E-state index in [4.69, 9.17) is 16.3 Å². The van der Waals surface area contributed by atoms with Gasteiger partial charge in [0.05, 0.1) is 12.0 Å². The summed E-state index contributed by atoms with van der Waals surface area (Å²) in [6.07, 6.45) is 0.769. The maximum atomic E-state index is 12.4. The third-order valence-electron chi connectivity index (χ3n) is 4.02. The Balaban J connectivity index is 2.01. The Morgan fingerprint density at radius 1 is 1.00 bits per heavy atom. The van der Waals surface area contributed by atoms with Crippen LogP contribution in [0.1, 0.15) is 36.3 Å². The van der Waals surface area contributed by atoms with Gasteiger partial charge < -0.3 is 4.74 Å². The fraction of sp³-hybridized carbons (Fsp3) is 0.278. The van der Waals surface area contributed by atoms with Gasteiger partial charge in [0.25, 0.3) is 0 Å². The van der Waals surface area contributed by atoms with Crippen molar-refractivity contribution in [2.75, 3.05) is 0 Å². The van der Waals surface area contributed by atoms with Crippen molar-refractivity contribution >= 4 is 17.6 Å². The van der Waals surface area contributed by atoms with Crippen molar-refractivity contribution in [1.82, 2.24) is 0 Å². The predicted octanol–water partition coefficient (Wildman–Crippen LogP) is 4.54. The molecule has 3 atom stereocenters. The van der Waals surface area contributed by atoms with Crippen LogP contribution < -0.4 is 0 Å². The topological polar surface area (TPSA) is 26.3 Å². The Kier molecular flexibility index (Phi) is 3.98. The van der Waals surface area contributed by atoms with Crippen molar-refractivity contribution < 1.29 is 9.53 Å². The molecule has 3 rings (SSSR count). The second kappa shape index (κ2) is 5.90. The second-order valence-electron chi connectivity index (χ2n) is 5.53. The molecule has 0 bridgehead atoms. The molecular formula is C18H17ClO2. The minimum absolute atomic E-state index is 0.0573. The van der Waals surface area contributed by atoms with E-state index in [0.717, 1.165) is 17.5 Å². The number of esters is 1. The summed E-state index contributed by atoms with van der Waals surface area (Å²) in [6, 6.07) is 17.6. The van der Waals surface area contributed by atoms with E-state index in [0.29, 0.717) is 5.02 Å². The third-order valence-corrected chi connectivity index (χ3v) is 4.27. The molecule has 1 fully saturated rings. The van der Waals surface area contributed by atoms with E-state index in [2.05, 4.69) is 0 Å². The summed E-state index contributed by atoms with van der Waals surface area (Å²) in [6.45, 7) is 1.95. The molecule has 0 spiro atoms. The Hall–Kier alpha value is -1.80. The lowest BCUT2D eigenvalue weighted by Crippen LogP contribution is -2.34. The first-order chi connectivity index (χ1) is 10.1. The van der Waals surface area contributed by atoms with Gasteiger partial charge in [0.1, 0.15) is 0 Å². The highest BCUT2D eigenvalue weighted by atomic mass is 35.5. The van der Waals surface area contributed by atoms with Crippen LogP contribution in [0.2, 0.25) is 5.02 Å². The van der Waals surface area contributed by atoms with Gasteiger partial charge in [-0.05, 0) is 36.6 Å². The SMILES string of the molecule is C[C@H]1C[C@@H](c2ccc(Cl)cc2)[C@H](c2ccccc2)C(=O)O1. The van der Waals surface area contributed by atoms with Crippen LogP contribution in [0.4, 0.5) is 0 Å². The van der Waals surface area contributed by atoms with E-state index >= 15 is 0 Å². The summed E-state index contributed by atoms with van der Waals surface area (Å²) in [7, 11) is 0. The average molecular weight is 301 g/mol. The molecule has 0 saturated carbocycles. The van der Waals surface area contributed by atoms with E-state index < -0.39 is 0 Å². The maximum absolute atomic E-state index is 12.4. The van der Waals surface area contributed by atoms with Crippen molar-refractivity contribution in [2.45, 2.75) is 31.3 Å². The minimum atomic E-state index is -0.247. The van der Waals surface area contributed by atoms with Gasteiger partial charge in [0.2, 0.25) is 0 Å². The number of carbonyl (C=O) groups is 1. The lowest BCUT2D eigenvalue weighted by molar-refractivity contribution is -0.156. The molecule has 0 unspecified atom stereocenters. The van der Waals surface area contributed by atoms with Gasteiger partial charge >= 0.3 is 5.97 Å². The van der Waals surface area contributed by atoms with Crippen LogP contribution >= 0.6 is 11.6 Å². The molecule has 0 radical (unpaired) electrons. The molecule has 1 heterocycles. The van der Waals surface area contributed by atoms with Gasteiger partial charge in [0, 0.05) is 10.9 Å². The highest BCUT2D eigenvalue weighted by Crippen LogP contribution is 2.41. The maximum Gasteiger partial charge on any atom is 0.314 e. The van der Waals surface area contributed by atoms with E-state index in [1.165, 1.54) is 0 Å². The summed E-state index contributed by atoms with van der Waals surface area (Å²) in [5.74, 6) is -0.260. The zero-order valence-corrected chi connectivity index (χ0v) is 12.6. The van der Waals surface area contributed by atoms with E-state index in [9.17, 15) is 4.79 Å². The summed E-state index contributed by atoms with van der Waals surface area (Å²) in [5, 5.41) is 0.710. The molecule has 21 heavy (non-hydrogen) atoms. The largest absolute Gasteiger partial charge is 0.462 e. The fourth-order valence-corrected chi connectivity index (χ4v) is 3.17. The lowest BCUT2D eigenvalue weighted by atomic mass is 9.77. The summed E-state index contributed by atoms with van der Waals surface area (Å²) < 4.78 is 5.46. The van der Waals surface area contributed by atoms with E-state index in [1.807, 2.05) is 61.5 Å². The van der Waals surface area contributed by atoms with Gasteiger partial charge in [-0.25, -0.2) is 0 Å². The Bertz CT molecular complexity index is 621. The van der Waals surface area contributed by atoms with Crippen molar-refractivity contribution in [3.05, 3.63) is 70.7 Å². The standard InChI is InChI=1S/C18H17ClO2/c1-12-11-16(13-7-9-15(19)10-8-13)17(18(20)21-12)14-5-3-2-4-6-14/h2-10,12,16-17H,11H2,1H3/t12-,16-,17-/m0/s1. The van der Waals surface area contributed by atoms with Crippen LogP contribution in [-0.2, 0) is 9.53 Å². The molecule has 2 nitrogen and oxygen atoms in total. The highest BCUT2D eigenvalue weighted by molar-refractivity contribution is 6.30. The Morgan fingerprint density at radius 3 is 2.33 bits per heavy atom. The number of halogens is 1. The number of hydrogen-bond donors (Lipinski definition) is 0. The molecule has 0 N–H and O–H groups in total. The Labute approximate surface area is 129 Å². The molecular weight excluding hydrogens is 284 g/mol. The number of ether oxygens (including phenoxy) is 1. The summed E-state index contributed by atoms with van der Waals surface area (Å²) in [5.41, 5.74) is 2.14. The first-order valence-electron chi connectivity index (χ1n) is 7.16. The van der Waals surface area contributed by atoms with Crippen LogP contribution in [-0.4, -0.2) is 12.1 Å². The van der Waals surface area contributed by atoms with E-state index in [1.54, 1.807) is 0 Å². The molecule has 3 heteroatoms. The third kappa shape index (κ3) is 2.96. The molecule has 2 aromatic rings. The normalized spacial score (nSPS) is 25.4. The fourth-order valence-electron chi connectivity index (χ4n) is 3.04. The monoisotopic (exact) mass is 300 g/mol. The zero-order valence-electron chi connectivity index (χ0n) is 11.8. The molecule has 1 saturated heterocycles. The minimum Gasteiger partial charge on any atom is -0.462 e. The van der Waals surface area contributed by atoms with Gasteiger partial charge in [-0.3, -0.25) is 4.79 Å². The van der Waals surface area contributed by atoms with Crippen molar-refractivity contribution in [2.24, 2.45) is 0 Å². The van der Waals surface area contributed by atoms with E-state index in [-0.39, 0.29) is 23.9 Å². The highest BCUT2D eigenvalue weighted by Gasteiger charge is 2.38. The van der Waals surface area contributed by atoms with Gasteiger partial charge in [-0.2, -0.15) is 0 Å². The summed E-state index contributed by atoms with van der Waals surface area (Å²) >= 11 is 5.97. The van der Waals surface area contributed by atoms with Gasteiger partial charge in [-0.1, -0.05) is 54.1 Å². The van der Waals surface area contributed by atoms with Crippen LogP contribution in [0.5, 0.6) is 0 Å². The van der Waals surface area contributed by atoms with Gasteiger partial charge in [-0.15, -0.1) is 0 Å². The van der Waals surface area contributed by atoms with Crippen LogP contribution in [0.15, 0.2) is 54.6 Å². The predicted molar refractivity (Wildman–Crippen MR) is 83.5 cm³/mol. The van der Waals surface area contributed by atoms with Crippen LogP contribution in [0.3, 0.4) is 0 Å². The Morgan fingerprint density at radius 2 is 1.67 bits per heavy atom. The smallest absolute Gasteiger partial charge is 0.314 e. The first kappa shape index (κ1) is 14.2. The van der Waals surface area contributed by atoms with Crippen molar-refractivity contribution in [3.8, 4) is 0 Å². The van der Waals surface area contributed by atoms with Crippen molar-refractivity contribution in [3.63, 3.8) is 0 Å². The van der Waals surface area contributed by atoms with Crippen LogP contribution in [0.25, 0.3) is 0 Å². The molecule has 1 aliphatic heterocycles. The second-order valence-corrected chi connectivity index (χ2v) is 5.97. The van der Waals surface area contributed by atoms with Gasteiger partial charge in [0.15, 0.2) is 0 Å². The molecule has 0 amide bonds. The molecule has 108 valence electrons. The molecule has 2 aromatic carbocycles. The number of cyclic esters (lactones) is 1.